The molecular weight excluding hydrogens is 378 g/mol. The fraction of sp³-hybridized carbons (Fsp3) is 0.368. The van der Waals surface area contributed by atoms with Gasteiger partial charge in [0, 0.05) is 23.8 Å². The molecule has 9 heteroatoms. The second-order valence-corrected chi connectivity index (χ2v) is 6.85. The monoisotopic (exact) mass is 395 g/mol. The van der Waals surface area contributed by atoms with Gasteiger partial charge in [-0.1, -0.05) is 0 Å². The quantitative estimate of drug-likeness (QED) is 0.652. The zero-order valence-corrected chi connectivity index (χ0v) is 14.9. The van der Waals surface area contributed by atoms with E-state index in [1.807, 2.05) is 0 Å². The van der Waals surface area contributed by atoms with Crippen molar-refractivity contribution in [2.24, 2.45) is 0 Å². The van der Waals surface area contributed by atoms with E-state index in [1.165, 1.54) is 11.6 Å². The first kappa shape index (κ1) is 18.7. The molecule has 3 aromatic rings. The third-order valence-corrected chi connectivity index (χ3v) is 4.88. The van der Waals surface area contributed by atoms with E-state index in [4.69, 9.17) is 4.74 Å². The molecule has 0 spiro atoms. The Hall–Kier alpha value is -2.68. The molecule has 1 N–H and O–H groups in total. The summed E-state index contributed by atoms with van der Waals surface area (Å²) >= 11 is 0. The van der Waals surface area contributed by atoms with Gasteiger partial charge in [0.05, 0.1) is 23.9 Å². The molecule has 1 aromatic carbocycles. The van der Waals surface area contributed by atoms with E-state index >= 15 is 0 Å². The van der Waals surface area contributed by atoms with Crippen molar-refractivity contribution in [3.05, 3.63) is 41.6 Å². The summed E-state index contributed by atoms with van der Waals surface area (Å²) in [4.78, 5) is 4.37. The Balaban J connectivity index is 1.74. The smallest absolute Gasteiger partial charge is 0.416 e. The van der Waals surface area contributed by atoms with Crippen molar-refractivity contribution in [3.63, 3.8) is 0 Å². The minimum Gasteiger partial charge on any atom is -0.507 e. The number of hydrogen-bond acceptors (Lipinski definition) is 4. The van der Waals surface area contributed by atoms with Crippen LogP contribution in [0.2, 0.25) is 0 Å². The van der Waals surface area contributed by atoms with E-state index in [2.05, 4.69) is 10.1 Å². The summed E-state index contributed by atoms with van der Waals surface area (Å²) in [6.45, 7) is 1.93. The molecule has 2 atom stereocenters. The number of halogens is 4. The Bertz CT molecular complexity index is 1010. The van der Waals surface area contributed by atoms with Crippen LogP contribution in [-0.4, -0.2) is 39.3 Å². The van der Waals surface area contributed by atoms with E-state index < -0.39 is 29.7 Å². The highest BCUT2D eigenvalue weighted by Crippen LogP contribution is 2.38. The molecule has 1 saturated heterocycles. The van der Waals surface area contributed by atoms with Crippen molar-refractivity contribution in [2.75, 3.05) is 13.2 Å². The third kappa shape index (κ3) is 3.30. The van der Waals surface area contributed by atoms with Crippen LogP contribution in [0.4, 0.5) is 17.6 Å². The lowest BCUT2D eigenvalue weighted by Crippen LogP contribution is -2.31. The third-order valence-electron chi connectivity index (χ3n) is 4.88. The van der Waals surface area contributed by atoms with Crippen LogP contribution in [0.25, 0.3) is 22.3 Å². The average molecular weight is 395 g/mol. The zero-order valence-electron chi connectivity index (χ0n) is 14.9. The number of fused-ring (bicyclic) bond motifs is 1. The van der Waals surface area contributed by atoms with E-state index in [0.29, 0.717) is 35.8 Å². The molecular formula is C19H17F4N3O2. The van der Waals surface area contributed by atoms with Crippen LogP contribution in [0.15, 0.2) is 30.5 Å². The number of benzene rings is 1. The minimum atomic E-state index is -4.55. The van der Waals surface area contributed by atoms with Gasteiger partial charge in [-0.15, -0.1) is 0 Å². The van der Waals surface area contributed by atoms with Gasteiger partial charge < -0.3 is 9.84 Å². The molecule has 0 amide bonds. The van der Waals surface area contributed by atoms with E-state index in [1.54, 1.807) is 18.3 Å². The minimum absolute atomic E-state index is 0.0121. The Morgan fingerprint density at radius 2 is 2.04 bits per heavy atom. The van der Waals surface area contributed by atoms with Crippen molar-refractivity contribution in [1.82, 2.24) is 14.8 Å². The van der Waals surface area contributed by atoms with Crippen LogP contribution in [-0.2, 0) is 10.9 Å². The van der Waals surface area contributed by atoms with Crippen molar-refractivity contribution >= 4 is 11.0 Å². The van der Waals surface area contributed by atoms with Gasteiger partial charge in [0.2, 0.25) is 0 Å². The fourth-order valence-electron chi connectivity index (χ4n) is 3.49. The van der Waals surface area contributed by atoms with Crippen LogP contribution in [0.3, 0.4) is 0 Å². The van der Waals surface area contributed by atoms with Crippen molar-refractivity contribution in [1.29, 1.82) is 0 Å². The van der Waals surface area contributed by atoms with Gasteiger partial charge >= 0.3 is 6.18 Å². The number of phenols is 1. The van der Waals surface area contributed by atoms with Crippen LogP contribution in [0, 0.1) is 6.92 Å². The van der Waals surface area contributed by atoms with Crippen LogP contribution in [0.5, 0.6) is 5.75 Å². The van der Waals surface area contributed by atoms with Gasteiger partial charge in [0.15, 0.2) is 5.65 Å². The maximum absolute atomic E-state index is 14.1. The SMILES string of the molecule is Cc1cc(C(F)(F)F)cc(O)c1-c1ccc2cn(C3CCOCC3F)nc2n1. The van der Waals surface area contributed by atoms with Crippen LogP contribution >= 0.6 is 0 Å². The second-order valence-electron chi connectivity index (χ2n) is 6.85. The standard InChI is InChI=1S/C19H17F4N3O2/c1-10-6-12(19(21,22)23)7-16(27)17(10)14-3-2-11-8-26(25-18(11)24-14)15-4-5-28-9-13(15)20/h2-3,6-8,13,15,27H,4-5,9H2,1H3. The van der Waals surface area contributed by atoms with Gasteiger partial charge in [0.25, 0.3) is 0 Å². The highest BCUT2D eigenvalue weighted by molar-refractivity contribution is 5.80. The average Bonchev–Trinajstić information content (AvgIpc) is 3.04. The molecule has 1 aliphatic rings. The number of pyridine rings is 1. The first-order valence-electron chi connectivity index (χ1n) is 8.73. The lowest BCUT2D eigenvalue weighted by Gasteiger charge is -2.25. The lowest BCUT2D eigenvalue weighted by molar-refractivity contribution is -0.137. The predicted octanol–water partition coefficient (Wildman–Crippen LogP) is 4.43. The summed E-state index contributed by atoms with van der Waals surface area (Å²) in [6, 6.07) is 4.50. The largest absolute Gasteiger partial charge is 0.507 e. The van der Waals surface area contributed by atoms with E-state index in [9.17, 15) is 22.7 Å². The normalized spacial score (nSPS) is 20.6. The predicted molar refractivity (Wildman–Crippen MR) is 93.7 cm³/mol. The van der Waals surface area contributed by atoms with E-state index in [0.717, 1.165) is 6.07 Å². The summed E-state index contributed by atoms with van der Waals surface area (Å²) < 4.78 is 59.5. The molecule has 0 saturated carbocycles. The molecule has 1 fully saturated rings. The number of alkyl halides is 4. The molecule has 2 unspecified atom stereocenters. The molecule has 4 rings (SSSR count). The molecule has 0 aliphatic carbocycles. The van der Waals surface area contributed by atoms with E-state index in [-0.39, 0.29) is 17.7 Å². The summed E-state index contributed by atoms with van der Waals surface area (Å²) in [5, 5.41) is 15.2. The maximum atomic E-state index is 14.1. The van der Waals surface area contributed by atoms with Crippen LogP contribution in [0.1, 0.15) is 23.6 Å². The van der Waals surface area contributed by atoms with Crippen LogP contribution < -0.4 is 0 Å². The first-order valence-corrected chi connectivity index (χ1v) is 8.73. The lowest BCUT2D eigenvalue weighted by atomic mass is 10.00. The van der Waals surface area contributed by atoms with Crippen molar-refractivity contribution < 1.29 is 27.4 Å². The number of aromatic hydroxyl groups is 1. The molecule has 3 heterocycles. The Morgan fingerprint density at radius 1 is 1.25 bits per heavy atom. The number of hydrogen-bond donors (Lipinski definition) is 1. The Kier molecular flexibility index (Phi) is 4.49. The van der Waals surface area contributed by atoms with Gasteiger partial charge in [-0.05, 0) is 43.2 Å². The molecule has 5 nitrogen and oxygen atoms in total. The molecule has 148 valence electrons. The number of phenolic OH excluding ortho intramolecular Hbond substituents is 1. The molecule has 1 aliphatic heterocycles. The highest BCUT2D eigenvalue weighted by Gasteiger charge is 2.32. The Morgan fingerprint density at radius 3 is 2.71 bits per heavy atom. The summed E-state index contributed by atoms with van der Waals surface area (Å²) in [5.41, 5.74) is 0.149. The first-order chi connectivity index (χ1) is 13.2. The summed E-state index contributed by atoms with van der Waals surface area (Å²) in [7, 11) is 0. The highest BCUT2D eigenvalue weighted by atomic mass is 19.4. The molecule has 0 bridgehead atoms. The zero-order chi connectivity index (χ0) is 20.1. The summed E-state index contributed by atoms with van der Waals surface area (Å²) in [5.74, 6) is -0.508. The fourth-order valence-corrected chi connectivity index (χ4v) is 3.49. The van der Waals surface area contributed by atoms with Gasteiger partial charge in [-0.3, -0.25) is 4.68 Å². The number of aromatic nitrogens is 3. The number of aryl methyl sites for hydroxylation is 1. The maximum Gasteiger partial charge on any atom is 0.416 e. The molecule has 28 heavy (non-hydrogen) atoms. The van der Waals surface area contributed by atoms with Gasteiger partial charge in [-0.25, -0.2) is 9.37 Å². The van der Waals surface area contributed by atoms with Crippen molar-refractivity contribution in [2.45, 2.75) is 31.7 Å². The summed E-state index contributed by atoms with van der Waals surface area (Å²) in [6.07, 6.45) is -3.55. The topological polar surface area (TPSA) is 60.2 Å². The second kappa shape index (κ2) is 6.73. The Labute approximate surface area is 157 Å². The molecule has 2 aromatic heterocycles. The number of ether oxygens (including phenoxy) is 1. The number of nitrogens with zero attached hydrogens (tertiary/aromatic N) is 3. The van der Waals surface area contributed by atoms with Gasteiger partial charge in [-0.2, -0.15) is 18.3 Å². The van der Waals surface area contributed by atoms with Gasteiger partial charge in [0.1, 0.15) is 11.9 Å². The number of rotatable bonds is 2. The van der Waals surface area contributed by atoms with Crippen molar-refractivity contribution in [3.8, 4) is 17.0 Å². The molecule has 0 radical (unpaired) electrons.